The lowest BCUT2D eigenvalue weighted by Crippen LogP contribution is -2.04. The molecule has 0 fully saturated rings. The lowest BCUT2D eigenvalue weighted by Gasteiger charge is -2.10. The van der Waals surface area contributed by atoms with Crippen LogP contribution in [0.5, 0.6) is 11.6 Å². The van der Waals surface area contributed by atoms with Crippen molar-refractivity contribution in [1.82, 2.24) is 9.97 Å². The average molecular weight is 261 g/mol. The van der Waals surface area contributed by atoms with Crippen molar-refractivity contribution < 1.29 is 9.13 Å². The molecule has 0 saturated carbocycles. The Balaban J connectivity index is 2.32. The van der Waals surface area contributed by atoms with Gasteiger partial charge in [-0.15, -0.1) is 0 Å². The third-order valence-corrected chi connectivity index (χ3v) is 2.62. The molecule has 0 aliphatic carbocycles. The van der Waals surface area contributed by atoms with E-state index in [1.165, 1.54) is 0 Å². The maximum Gasteiger partial charge on any atom is 0.227 e. The molecule has 1 heterocycles. The van der Waals surface area contributed by atoms with Crippen LogP contribution in [0.15, 0.2) is 24.4 Å². The van der Waals surface area contributed by atoms with E-state index >= 15 is 0 Å². The minimum Gasteiger partial charge on any atom is -0.435 e. The van der Waals surface area contributed by atoms with Gasteiger partial charge in [0.05, 0.1) is 0 Å². The predicted molar refractivity (Wildman–Crippen MR) is 72.1 cm³/mol. The van der Waals surface area contributed by atoms with Crippen molar-refractivity contribution >= 4 is 5.95 Å². The van der Waals surface area contributed by atoms with Crippen LogP contribution < -0.4 is 10.1 Å². The summed E-state index contributed by atoms with van der Waals surface area (Å²) in [5, 5.41) is 2.99. The highest BCUT2D eigenvalue weighted by atomic mass is 19.1. The summed E-state index contributed by atoms with van der Waals surface area (Å²) in [5.74, 6) is 0.626. The van der Waals surface area contributed by atoms with Gasteiger partial charge in [-0.25, -0.2) is 9.37 Å². The van der Waals surface area contributed by atoms with Gasteiger partial charge in [-0.3, -0.25) is 0 Å². The molecule has 2 rings (SSSR count). The predicted octanol–water partition coefficient (Wildman–Crippen LogP) is 3.46. The molecule has 0 amide bonds. The topological polar surface area (TPSA) is 47.0 Å². The van der Waals surface area contributed by atoms with Crippen LogP contribution in [-0.2, 0) is 0 Å². The first-order chi connectivity index (χ1) is 9.11. The van der Waals surface area contributed by atoms with Crippen molar-refractivity contribution in [3.63, 3.8) is 0 Å². The number of halogens is 1. The zero-order valence-corrected chi connectivity index (χ0v) is 11.2. The largest absolute Gasteiger partial charge is 0.435 e. The second-order valence-corrected chi connectivity index (χ2v) is 4.20. The Labute approximate surface area is 111 Å². The number of benzene rings is 1. The number of ether oxygens (including phenoxy) is 1. The number of rotatable bonds is 4. The molecule has 19 heavy (non-hydrogen) atoms. The van der Waals surface area contributed by atoms with Gasteiger partial charge in [0.2, 0.25) is 11.8 Å². The quantitative estimate of drug-likeness (QED) is 0.915. The Morgan fingerprint density at radius 2 is 2.05 bits per heavy atom. The second kappa shape index (κ2) is 5.65. The number of hydrogen-bond donors (Lipinski definition) is 1. The van der Waals surface area contributed by atoms with Gasteiger partial charge in [-0.05, 0) is 32.4 Å². The highest BCUT2D eigenvalue weighted by molar-refractivity contribution is 5.38. The summed E-state index contributed by atoms with van der Waals surface area (Å²) in [7, 11) is 0. The van der Waals surface area contributed by atoms with Gasteiger partial charge >= 0.3 is 0 Å². The number of aromatic nitrogens is 2. The van der Waals surface area contributed by atoms with Crippen molar-refractivity contribution in [2.45, 2.75) is 20.8 Å². The Bertz CT molecular complexity index is 587. The SMILES string of the molecule is CCNc1ncc(C)c(Oc2cccc(C)c2F)n1. The highest BCUT2D eigenvalue weighted by Crippen LogP contribution is 2.27. The Kier molecular flexibility index (Phi) is 3.94. The normalized spacial score (nSPS) is 10.3. The molecule has 0 atom stereocenters. The highest BCUT2D eigenvalue weighted by Gasteiger charge is 2.10. The number of nitrogens with zero attached hydrogens (tertiary/aromatic N) is 2. The third-order valence-electron chi connectivity index (χ3n) is 2.62. The lowest BCUT2D eigenvalue weighted by atomic mass is 10.2. The minimum atomic E-state index is -0.370. The van der Waals surface area contributed by atoms with E-state index in [-0.39, 0.29) is 11.6 Å². The minimum absolute atomic E-state index is 0.171. The van der Waals surface area contributed by atoms with Gasteiger partial charge in [0, 0.05) is 18.3 Å². The van der Waals surface area contributed by atoms with Crippen LogP contribution in [0.1, 0.15) is 18.1 Å². The summed E-state index contributed by atoms with van der Waals surface area (Å²) >= 11 is 0. The summed E-state index contributed by atoms with van der Waals surface area (Å²) in [4.78, 5) is 8.33. The fraction of sp³-hybridized carbons (Fsp3) is 0.286. The number of anilines is 1. The maximum atomic E-state index is 13.9. The van der Waals surface area contributed by atoms with Gasteiger partial charge in [0.1, 0.15) is 0 Å². The summed E-state index contributed by atoms with van der Waals surface area (Å²) in [6.07, 6.45) is 1.65. The van der Waals surface area contributed by atoms with Crippen LogP contribution in [0.2, 0.25) is 0 Å². The molecule has 100 valence electrons. The molecule has 0 saturated heterocycles. The standard InChI is InChI=1S/C14H16FN3O/c1-4-16-14-17-8-10(3)13(18-14)19-11-7-5-6-9(2)12(11)15/h5-8H,4H2,1-3H3,(H,16,17,18). The van der Waals surface area contributed by atoms with E-state index in [0.29, 0.717) is 23.9 Å². The van der Waals surface area contributed by atoms with Gasteiger partial charge in [-0.2, -0.15) is 4.98 Å². The zero-order chi connectivity index (χ0) is 13.8. The Morgan fingerprint density at radius 1 is 1.26 bits per heavy atom. The maximum absolute atomic E-state index is 13.9. The monoisotopic (exact) mass is 261 g/mol. The van der Waals surface area contributed by atoms with Crippen molar-refractivity contribution in [2.24, 2.45) is 0 Å². The molecular weight excluding hydrogens is 245 g/mol. The first kappa shape index (κ1) is 13.3. The number of aryl methyl sites for hydroxylation is 2. The molecule has 0 aliphatic heterocycles. The second-order valence-electron chi connectivity index (χ2n) is 4.20. The molecule has 1 aromatic carbocycles. The molecular formula is C14H16FN3O. The number of hydrogen-bond acceptors (Lipinski definition) is 4. The van der Waals surface area contributed by atoms with Crippen LogP contribution in [0.4, 0.5) is 10.3 Å². The van der Waals surface area contributed by atoms with Crippen molar-refractivity contribution in [3.05, 3.63) is 41.3 Å². The average Bonchev–Trinajstić information content (AvgIpc) is 2.39. The number of nitrogens with one attached hydrogen (secondary N) is 1. The molecule has 0 unspecified atom stereocenters. The van der Waals surface area contributed by atoms with Crippen molar-refractivity contribution in [2.75, 3.05) is 11.9 Å². The molecule has 1 N–H and O–H groups in total. The molecule has 0 radical (unpaired) electrons. The van der Waals surface area contributed by atoms with E-state index in [9.17, 15) is 4.39 Å². The van der Waals surface area contributed by atoms with E-state index in [0.717, 1.165) is 5.56 Å². The molecule has 2 aromatic rings. The van der Waals surface area contributed by atoms with Crippen LogP contribution in [0.25, 0.3) is 0 Å². The van der Waals surface area contributed by atoms with Crippen LogP contribution in [-0.4, -0.2) is 16.5 Å². The fourth-order valence-electron chi connectivity index (χ4n) is 1.58. The van der Waals surface area contributed by atoms with Gasteiger partial charge in [-0.1, -0.05) is 12.1 Å². The summed E-state index contributed by atoms with van der Waals surface area (Å²) < 4.78 is 19.4. The lowest BCUT2D eigenvalue weighted by molar-refractivity contribution is 0.422. The molecule has 1 aromatic heterocycles. The fourth-order valence-corrected chi connectivity index (χ4v) is 1.58. The first-order valence-corrected chi connectivity index (χ1v) is 6.12. The van der Waals surface area contributed by atoms with E-state index in [2.05, 4.69) is 15.3 Å². The molecule has 5 heteroatoms. The van der Waals surface area contributed by atoms with Gasteiger partial charge in [0.25, 0.3) is 0 Å². The van der Waals surface area contributed by atoms with E-state index in [1.807, 2.05) is 13.8 Å². The first-order valence-electron chi connectivity index (χ1n) is 6.12. The summed E-state index contributed by atoms with van der Waals surface area (Å²) in [6.45, 7) is 6.17. The van der Waals surface area contributed by atoms with E-state index < -0.39 is 0 Å². The van der Waals surface area contributed by atoms with E-state index in [4.69, 9.17) is 4.74 Å². The smallest absolute Gasteiger partial charge is 0.227 e. The molecule has 0 bridgehead atoms. The van der Waals surface area contributed by atoms with Crippen LogP contribution in [0.3, 0.4) is 0 Å². The summed E-state index contributed by atoms with van der Waals surface area (Å²) in [6, 6.07) is 5.02. The van der Waals surface area contributed by atoms with Gasteiger partial charge in [0.15, 0.2) is 11.6 Å². The summed E-state index contributed by atoms with van der Waals surface area (Å²) in [5.41, 5.74) is 1.29. The van der Waals surface area contributed by atoms with E-state index in [1.54, 1.807) is 31.3 Å². The van der Waals surface area contributed by atoms with Crippen LogP contribution >= 0.6 is 0 Å². The Hall–Kier alpha value is -2.17. The van der Waals surface area contributed by atoms with Gasteiger partial charge < -0.3 is 10.1 Å². The zero-order valence-electron chi connectivity index (χ0n) is 11.2. The van der Waals surface area contributed by atoms with Crippen LogP contribution in [0, 0.1) is 19.7 Å². The molecule has 0 spiro atoms. The molecule has 0 aliphatic rings. The molecule has 4 nitrogen and oxygen atoms in total. The third kappa shape index (κ3) is 2.99. The Morgan fingerprint density at radius 3 is 2.79 bits per heavy atom. The van der Waals surface area contributed by atoms with Crippen molar-refractivity contribution in [3.8, 4) is 11.6 Å². The van der Waals surface area contributed by atoms with Crippen molar-refractivity contribution in [1.29, 1.82) is 0 Å².